The van der Waals surface area contributed by atoms with Gasteiger partial charge in [-0.05, 0) is 57.4 Å². The molecule has 1 aliphatic rings. The van der Waals surface area contributed by atoms with Gasteiger partial charge in [0.25, 0.3) is 0 Å². The molecule has 0 amide bonds. The zero-order valence-corrected chi connectivity index (χ0v) is 11.7. The highest BCUT2D eigenvalue weighted by Crippen LogP contribution is 2.37. The summed E-state index contributed by atoms with van der Waals surface area (Å²) >= 11 is 0. The maximum absolute atomic E-state index is 5.32. The molecule has 0 aromatic rings. The van der Waals surface area contributed by atoms with Crippen LogP contribution in [-0.2, 0) is 4.74 Å². The molecule has 0 aromatic heterocycles. The Bertz CT molecular complexity index is 193. The number of methoxy groups -OCH3 is 1. The van der Waals surface area contributed by atoms with Crippen molar-refractivity contribution in [3.63, 3.8) is 0 Å². The number of nitrogens with one attached hydrogen (secondary N) is 1. The first-order chi connectivity index (χ1) is 7.44. The molecule has 16 heavy (non-hydrogen) atoms. The molecule has 2 nitrogen and oxygen atoms in total. The van der Waals surface area contributed by atoms with E-state index in [4.69, 9.17) is 4.74 Å². The van der Waals surface area contributed by atoms with Crippen molar-refractivity contribution in [3.05, 3.63) is 0 Å². The quantitative estimate of drug-likeness (QED) is 0.778. The highest BCUT2D eigenvalue weighted by molar-refractivity contribution is 4.80. The molecule has 1 rings (SSSR count). The first kappa shape index (κ1) is 14.0. The minimum Gasteiger partial charge on any atom is -0.380 e. The summed E-state index contributed by atoms with van der Waals surface area (Å²) in [5.74, 6) is 0.875. The maximum atomic E-state index is 5.32. The molecule has 2 atom stereocenters. The molecule has 2 heteroatoms. The largest absolute Gasteiger partial charge is 0.380 e. The third kappa shape index (κ3) is 4.42. The van der Waals surface area contributed by atoms with Crippen LogP contribution in [0.5, 0.6) is 0 Å². The van der Waals surface area contributed by atoms with Gasteiger partial charge >= 0.3 is 0 Å². The van der Waals surface area contributed by atoms with Crippen LogP contribution in [0.25, 0.3) is 0 Å². The Morgan fingerprint density at radius 3 is 2.31 bits per heavy atom. The van der Waals surface area contributed by atoms with Crippen molar-refractivity contribution in [2.75, 3.05) is 13.7 Å². The van der Waals surface area contributed by atoms with E-state index in [-0.39, 0.29) is 0 Å². The van der Waals surface area contributed by atoms with E-state index in [0.29, 0.717) is 17.6 Å². The highest BCUT2D eigenvalue weighted by atomic mass is 16.5. The molecule has 0 aromatic carbocycles. The molecule has 0 spiro atoms. The lowest BCUT2D eigenvalue weighted by Gasteiger charge is -2.35. The van der Waals surface area contributed by atoms with Gasteiger partial charge in [0.1, 0.15) is 0 Å². The van der Waals surface area contributed by atoms with E-state index in [1.165, 1.54) is 25.7 Å². The van der Waals surface area contributed by atoms with E-state index in [0.717, 1.165) is 12.5 Å². The summed E-state index contributed by atoms with van der Waals surface area (Å²) in [6.07, 6.45) is 5.84. The Kier molecular flexibility index (Phi) is 5.26. The number of rotatable bonds is 5. The van der Waals surface area contributed by atoms with Gasteiger partial charge in [0, 0.05) is 13.2 Å². The van der Waals surface area contributed by atoms with Crippen molar-refractivity contribution in [3.8, 4) is 0 Å². The van der Waals surface area contributed by atoms with Crippen molar-refractivity contribution in [2.45, 2.75) is 65.5 Å². The molecule has 1 saturated carbocycles. The van der Waals surface area contributed by atoms with Crippen LogP contribution in [0.3, 0.4) is 0 Å². The van der Waals surface area contributed by atoms with Crippen LogP contribution in [0.15, 0.2) is 0 Å². The van der Waals surface area contributed by atoms with Crippen LogP contribution in [0, 0.1) is 11.3 Å². The van der Waals surface area contributed by atoms with Gasteiger partial charge in [-0.25, -0.2) is 0 Å². The zero-order valence-electron chi connectivity index (χ0n) is 11.7. The zero-order chi connectivity index (χ0) is 12.2. The second-order valence-corrected chi connectivity index (χ2v) is 6.25. The van der Waals surface area contributed by atoms with E-state index in [9.17, 15) is 0 Å². The van der Waals surface area contributed by atoms with E-state index >= 15 is 0 Å². The fraction of sp³-hybridized carbons (Fsp3) is 1.00. The Morgan fingerprint density at radius 1 is 1.25 bits per heavy atom. The van der Waals surface area contributed by atoms with Crippen molar-refractivity contribution in [2.24, 2.45) is 11.3 Å². The minimum atomic E-state index is 0.306. The molecular weight excluding hydrogens is 198 g/mol. The van der Waals surface area contributed by atoms with Crippen LogP contribution < -0.4 is 5.32 Å². The average molecular weight is 227 g/mol. The molecule has 1 aliphatic carbocycles. The van der Waals surface area contributed by atoms with Crippen LogP contribution in [0.1, 0.15) is 53.4 Å². The van der Waals surface area contributed by atoms with Crippen molar-refractivity contribution in [1.29, 1.82) is 0 Å². The van der Waals surface area contributed by atoms with Crippen LogP contribution >= 0.6 is 0 Å². The predicted octanol–water partition coefficient (Wildman–Crippen LogP) is 3.22. The van der Waals surface area contributed by atoms with E-state index < -0.39 is 0 Å². The van der Waals surface area contributed by atoms with Crippen LogP contribution in [0.2, 0.25) is 0 Å². The minimum absolute atomic E-state index is 0.306. The van der Waals surface area contributed by atoms with Gasteiger partial charge in [-0.1, -0.05) is 13.8 Å². The molecule has 0 radical (unpaired) electrons. The summed E-state index contributed by atoms with van der Waals surface area (Å²) in [5.41, 5.74) is 0.585. The summed E-state index contributed by atoms with van der Waals surface area (Å²) in [4.78, 5) is 0. The van der Waals surface area contributed by atoms with Crippen molar-refractivity contribution < 1.29 is 4.74 Å². The van der Waals surface area contributed by atoms with Gasteiger partial charge in [0.05, 0.1) is 6.10 Å². The normalized spacial score (nSPS) is 25.3. The summed E-state index contributed by atoms with van der Waals surface area (Å²) < 4.78 is 5.32. The smallest absolute Gasteiger partial charge is 0.0693 e. The molecule has 0 bridgehead atoms. The molecule has 2 unspecified atom stereocenters. The molecule has 0 aliphatic heterocycles. The standard InChI is InChI=1S/C14H29NO/c1-11(12(2)16-5)15-10-13-6-8-14(3,4)9-7-13/h11-13,15H,6-10H2,1-5H3. The van der Waals surface area contributed by atoms with Gasteiger partial charge in [0.2, 0.25) is 0 Å². The Labute approximate surface area is 101 Å². The molecule has 96 valence electrons. The van der Waals surface area contributed by atoms with E-state index in [1.54, 1.807) is 7.11 Å². The topological polar surface area (TPSA) is 21.3 Å². The van der Waals surface area contributed by atoms with Gasteiger partial charge in [-0.2, -0.15) is 0 Å². The molecule has 1 N–H and O–H groups in total. The lowest BCUT2D eigenvalue weighted by Crippen LogP contribution is -2.40. The number of hydrogen-bond acceptors (Lipinski definition) is 2. The maximum Gasteiger partial charge on any atom is 0.0693 e. The number of ether oxygens (including phenoxy) is 1. The third-order valence-electron chi connectivity index (χ3n) is 4.26. The Balaban J connectivity index is 2.20. The van der Waals surface area contributed by atoms with Gasteiger partial charge < -0.3 is 10.1 Å². The Morgan fingerprint density at radius 2 is 1.81 bits per heavy atom. The predicted molar refractivity (Wildman–Crippen MR) is 69.7 cm³/mol. The van der Waals surface area contributed by atoms with E-state index in [1.807, 2.05) is 0 Å². The summed E-state index contributed by atoms with van der Waals surface area (Å²) in [7, 11) is 1.78. The van der Waals surface area contributed by atoms with Crippen LogP contribution in [-0.4, -0.2) is 25.8 Å². The molecule has 1 fully saturated rings. The van der Waals surface area contributed by atoms with Gasteiger partial charge in [-0.3, -0.25) is 0 Å². The average Bonchev–Trinajstić information content (AvgIpc) is 2.26. The molecule has 0 saturated heterocycles. The second-order valence-electron chi connectivity index (χ2n) is 6.25. The van der Waals surface area contributed by atoms with Crippen molar-refractivity contribution >= 4 is 0 Å². The first-order valence-corrected chi connectivity index (χ1v) is 6.71. The second kappa shape index (κ2) is 6.02. The highest BCUT2D eigenvalue weighted by Gasteiger charge is 2.26. The first-order valence-electron chi connectivity index (χ1n) is 6.71. The monoisotopic (exact) mass is 227 g/mol. The lowest BCUT2D eigenvalue weighted by atomic mass is 9.73. The van der Waals surface area contributed by atoms with E-state index in [2.05, 4.69) is 33.0 Å². The summed E-state index contributed by atoms with van der Waals surface area (Å²) in [6, 6.07) is 0.458. The lowest BCUT2D eigenvalue weighted by molar-refractivity contribution is 0.0845. The fourth-order valence-corrected chi connectivity index (χ4v) is 2.39. The summed E-state index contributed by atoms with van der Waals surface area (Å²) in [5, 5.41) is 3.61. The van der Waals surface area contributed by atoms with Gasteiger partial charge in [0.15, 0.2) is 0 Å². The number of hydrogen-bond donors (Lipinski definition) is 1. The fourth-order valence-electron chi connectivity index (χ4n) is 2.39. The molecular formula is C14H29NO. The molecule has 0 heterocycles. The van der Waals surface area contributed by atoms with Crippen LogP contribution in [0.4, 0.5) is 0 Å². The summed E-state index contributed by atoms with van der Waals surface area (Å²) in [6.45, 7) is 10.3. The Hall–Kier alpha value is -0.0800. The third-order valence-corrected chi connectivity index (χ3v) is 4.26. The SMILES string of the molecule is COC(C)C(C)NCC1CCC(C)(C)CC1. The van der Waals surface area contributed by atoms with Crippen molar-refractivity contribution in [1.82, 2.24) is 5.32 Å². The van der Waals surface area contributed by atoms with Gasteiger partial charge in [-0.15, -0.1) is 0 Å².